The van der Waals surface area contributed by atoms with Crippen molar-refractivity contribution in [1.29, 1.82) is 0 Å². The zero-order valence-corrected chi connectivity index (χ0v) is 15.0. The lowest BCUT2D eigenvalue weighted by Gasteiger charge is -2.24. The van der Waals surface area contributed by atoms with E-state index in [1.54, 1.807) is 0 Å². The molecule has 2 aromatic carbocycles. The third-order valence-corrected chi connectivity index (χ3v) is 4.05. The van der Waals surface area contributed by atoms with Crippen molar-refractivity contribution >= 4 is 18.3 Å². The molecule has 24 heavy (non-hydrogen) atoms. The molecule has 2 N–H and O–H groups in total. The van der Waals surface area contributed by atoms with Crippen LogP contribution in [-0.4, -0.2) is 23.9 Å². The van der Waals surface area contributed by atoms with Crippen LogP contribution in [0.25, 0.3) is 0 Å². The van der Waals surface area contributed by atoms with Gasteiger partial charge in [0, 0.05) is 19.5 Å². The zero-order valence-electron chi connectivity index (χ0n) is 14.2. The highest BCUT2D eigenvalue weighted by atomic mass is 35.5. The molecule has 0 bridgehead atoms. The summed E-state index contributed by atoms with van der Waals surface area (Å²) in [5.74, 6) is 0.415. The van der Waals surface area contributed by atoms with E-state index in [4.69, 9.17) is 5.73 Å². The molecule has 130 valence electrons. The number of amides is 1. The van der Waals surface area contributed by atoms with Crippen LogP contribution in [0.4, 0.5) is 0 Å². The number of halogens is 1. The van der Waals surface area contributed by atoms with Gasteiger partial charge in [0.1, 0.15) is 0 Å². The van der Waals surface area contributed by atoms with Crippen molar-refractivity contribution in [3.63, 3.8) is 0 Å². The lowest BCUT2D eigenvalue weighted by Crippen LogP contribution is -2.33. The molecular formula is C20H27ClN2O. The van der Waals surface area contributed by atoms with Gasteiger partial charge < -0.3 is 10.6 Å². The van der Waals surface area contributed by atoms with Crippen LogP contribution >= 0.6 is 12.4 Å². The van der Waals surface area contributed by atoms with E-state index in [9.17, 15) is 4.79 Å². The SMILES string of the molecule is CC(CC(=O)N(CCCN)Cc1ccccc1)c1ccccc1.Cl. The second kappa shape index (κ2) is 10.8. The highest BCUT2D eigenvalue weighted by Crippen LogP contribution is 2.20. The van der Waals surface area contributed by atoms with Crippen molar-refractivity contribution in [2.45, 2.75) is 32.2 Å². The lowest BCUT2D eigenvalue weighted by molar-refractivity contribution is -0.132. The summed E-state index contributed by atoms with van der Waals surface area (Å²) in [6.45, 7) is 4.08. The van der Waals surface area contributed by atoms with E-state index in [1.807, 2.05) is 41.3 Å². The zero-order chi connectivity index (χ0) is 16.5. The van der Waals surface area contributed by atoms with Gasteiger partial charge in [-0.25, -0.2) is 0 Å². The predicted molar refractivity (Wildman–Crippen MR) is 102 cm³/mol. The van der Waals surface area contributed by atoms with Gasteiger partial charge >= 0.3 is 0 Å². The molecule has 0 radical (unpaired) electrons. The van der Waals surface area contributed by atoms with Crippen LogP contribution in [0.1, 0.15) is 36.8 Å². The smallest absolute Gasteiger partial charge is 0.223 e. The molecule has 0 aliphatic carbocycles. The molecule has 0 spiro atoms. The summed E-state index contributed by atoms with van der Waals surface area (Å²) in [7, 11) is 0. The summed E-state index contributed by atoms with van der Waals surface area (Å²) in [5.41, 5.74) is 7.99. The third kappa shape index (κ3) is 6.34. The summed E-state index contributed by atoms with van der Waals surface area (Å²) in [6, 6.07) is 20.3. The number of carbonyl (C=O) groups is 1. The average molecular weight is 347 g/mol. The topological polar surface area (TPSA) is 46.3 Å². The Morgan fingerprint density at radius 3 is 2.21 bits per heavy atom. The van der Waals surface area contributed by atoms with Crippen LogP contribution in [-0.2, 0) is 11.3 Å². The van der Waals surface area contributed by atoms with Gasteiger partial charge in [0.2, 0.25) is 5.91 Å². The molecule has 4 heteroatoms. The monoisotopic (exact) mass is 346 g/mol. The third-order valence-electron chi connectivity index (χ3n) is 4.05. The van der Waals surface area contributed by atoms with Gasteiger partial charge in [0.25, 0.3) is 0 Å². The number of hydrogen-bond acceptors (Lipinski definition) is 2. The first kappa shape index (κ1) is 20.2. The molecule has 0 saturated carbocycles. The first-order valence-corrected chi connectivity index (χ1v) is 8.27. The van der Waals surface area contributed by atoms with Crippen molar-refractivity contribution in [1.82, 2.24) is 4.90 Å². The van der Waals surface area contributed by atoms with E-state index in [1.165, 1.54) is 5.56 Å². The Hall–Kier alpha value is -1.84. The molecule has 2 aromatic rings. The number of hydrogen-bond donors (Lipinski definition) is 1. The van der Waals surface area contributed by atoms with Gasteiger partial charge in [0.05, 0.1) is 0 Å². The Kier molecular flexibility index (Phi) is 9.13. The molecule has 0 aromatic heterocycles. The molecule has 2 rings (SSSR count). The highest BCUT2D eigenvalue weighted by molar-refractivity contribution is 5.85. The highest BCUT2D eigenvalue weighted by Gasteiger charge is 2.17. The summed E-state index contributed by atoms with van der Waals surface area (Å²) >= 11 is 0. The first-order valence-electron chi connectivity index (χ1n) is 8.27. The Balaban J connectivity index is 0.00000288. The second-order valence-corrected chi connectivity index (χ2v) is 5.96. The molecule has 0 saturated heterocycles. The Morgan fingerprint density at radius 2 is 1.62 bits per heavy atom. The summed E-state index contributed by atoms with van der Waals surface area (Å²) in [6.07, 6.45) is 1.36. The Bertz CT molecular complexity index is 589. The van der Waals surface area contributed by atoms with E-state index in [0.29, 0.717) is 26.1 Å². The molecule has 0 fully saturated rings. The minimum Gasteiger partial charge on any atom is -0.338 e. The maximum absolute atomic E-state index is 12.7. The maximum atomic E-state index is 12.7. The van der Waals surface area contributed by atoms with Crippen LogP contribution in [0.5, 0.6) is 0 Å². The van der Waals surface area contributed by atoms with Crippen LogP contribution in [0.3, 0.4) is 0 Å². The second-order valence-electron chi connectivity index (χ2n) is 5.96. The summed E-state index contributed by atoms with van der Waals surface area (Å²) in [4.78, 5) is 14.7. The number of benzene rings is 2. The van der Waals surface area contributed by atoms with Gasteiger partial charge in [0.15, 0.2) is 0 Å². The molecule has 0 aliphatic heterocycles. The van der Waals surface area contributed by atoms with Crippen molar-refractivity contribution in [3.8, 4) is 0 Å². The number of carbonyl (C=O) groups excluding carboxylic acids is 1. The molecule has 0 heterocycles. The van der Waals surface area contributed by atoms with Crippen molar-refractivity contribution in [2.75, 3.05) is 13.1 Å². The van der Waals surface area contributed by atoms with Gasteiger partial charge in [-0.2, -0.15) is 0 Å². The number of rotatable bonds is 8. The van der Waals surface area contributed by atoms with E-state index >= 15 is 0 Å². The molecule has 0 aliphatic rings. The Morgan fingerprint density at radius 1 is 1.04 bits per heavy atom. The maximum Gasteiger partial charge on any atom is 0.223 e. The van der Waals surface area contributed by atoms with Gasteiger partial charge in [-0.3, -0.25) is 4.79 Å². The van der Waals surface area contributed by atoms with Crippen molar-refractivity contribution in [3.05, 3.63) is 71.8 Å². The quantitative estimate of drug-likeness (QED) is 0.785. The fourth-order valence-electron chi connectivity index (χ4n) is 2.67. The molecular weight excluding hydrogens is 320 g/mol. The Labute approximate surface area is 151 Å². The molecule has 1 amide bonds. The van der Waals surface area contributed by atoms with E-state index in [0.717, 1.165) is 12.0 Å². The minimum absolute atomic E-state index is 0. The van der Waals surface area contributed by atoms with Crippen LogP contribution in [0.2, 0.25) is 0 Å². The van der Waals surface area contributed by atoms with Gasteiger partial charge in [-0.05, 0) is 30.0 Å². The largest absolute Gasteiger partial charge is 0.338 e. The van der Waals surface area contributed by atoms with Crippen LogP contribution in [0.15, 0.2) is 60.7 Å². The van der Waals surface area contributed by atoms with Gasteiger partial charge in [-0.1, -0.05) is 67.6 Å². The van der Waals surface area contributed by atoms with Crippen LogP contribution in [0, 0.1) is 0 Å². The number of nitrogens with two attached hydrogens (primary N) is 1. The fraction of sp³-hybridized carbons (Fsp3) is 0.350. The molecule has 3 nitrogen and oxygen atoms in total. The minimum atomic E-state index is 0. The fourth-order valence-corrected chi connectivity index (χ4v) is 2.67. The predicted octanol–water partition coefficient (Wildman–Crippen LogP) is 3.98. The normalized spacial score (nSPS) is 11.4. The van der Waals surface area contributed by atoms with E-state index in [-0.39, 0.29) is 24.2 Å². The number of nitrogens with zero attached hydrogens (tertiary/aromatic N) is 1. The molecule has 1 unspecified atom stereocenters. The van der Waals surface area contributed by atoms with Gasteiger partial charge in [-0.15, -0.1) is 12.4 Å². The van der Waals surface area contributed by atoms with E-state index in [2.05, 4.69) is 31.2 Å². The van der Waals surface area contributed by atoms with E-state index < -0.39 is 0 Å². The lowest BCUT2D eigenvalue weighted by atomic mass is 9.97. The summed E-state index contributed by atoms with van der Waals surface area (Å²) < 4.78 is 0. The summed E-state index contributed by atoms with van der Waals surface area (Å²) in [5, 5.41) is 0. The first-order chi connectivity index (χ1) is 11.2. The van der Waals surface area contributed by atoms with Crippen molar-refractivity contribution in [2.24, 2.45) is 5.73 Å². The molecule has 1 atom stereocenters. The van der Waals surface area contributed by atoms with Crippen molar-refractivity contribution < 1.29 is 4.79 Å². The standard InChI is InChI=1S/C20H26N2O.ClH/c1-17(19-11-6-3-7-12-19)15-20(23)22(14-8-13-21)16-18-9-4-2-5-10-18;/h2-7,9-12,17H,8,13-16,21H2,1H3;1H. The average Bonchev–Trinajstić information content (AvgIpc) is 2.60. The van der Waals surface area contributed by atoms with Crippen LogP contribution < -0.4 is 5.73 Å².